The molecule has 1 heterocycles. The van der Waals surface area contributed by atoms with E-state index in [9.17, 15) is 21.6 Å². The Hall–Kier alpha value is -3.01. The molecule has 0 saturated heterocycles. The maximum Gasteiger partial charge on any atom is 0.416 e. The Morgan fingerprint density at radius 3 is 2.45 bits per heavy atom. The van der Waals surface area contributed by atoms with E-state index in [1.165, 1.54) is 13.2 Å². The first kappa shape index (κ1) is 20.7. The van der Waals surface area contributed by atoms with E-state index in [1.54, 1.807) is 23.0 Å². The number of nitrogens with zero attached hydrogens (tertiary/aromatic N) is 2. The van der Waals surface area contributed by atoms with E-state index in [1.807, 2.05) is 13.1 Å². The van der Waals surface area contributed by atoms with E-state index in [0.29, 0.717) is 12.2 Å². The second-order valence-corrected chi connectivity index (χ2v) is 7.95. The predicted molar refractivity (Wildman–Crippen MR) is 101 cm³/mol. The van der Waals surface area contributed by atoms with Crippen molar-refractivity contribution in [3.05, 3.63) is 77.7 Å². The average molecular weight is 425 g/mol. The van der Waals surface area contributed by atoms with E-state index in [4.69, 9.17) is 4.74 Å². The first-order valence-electron chi connectivity index (χ1n) is 8.46. The minimum Gasteiger partial charge on any atom is -0.495 e. The smallest absolute Gasteiger partial charge is 0.416 e. The highest BCUT2D eigenvalue weighted by Crippen LogP contribution is 2.30. The molecule has 0 aliphatic heterocycles. The molecular formula is C19H18F3N3O3S. The van der Waals surface area contributed by atoms with Crippen molar-refractivity contribution in [2.75, 3.05) is 7.11 Å². The van der Waals surface area contributed by atoms with Gasteiger partial charge in [0.1, 0.15) is 5.76 Å². The summed E-state index contributed by atoms with van der Waals surface area (Å²) in [6.45, 7) is 1.84. The molecule has 0 bridgehead atoms. The first-order valence-corrected chi connectivity index (χ1v) is 9.95. The normalized spacial score (nSPS) is 15.1. The molecule has 1 aromatic heterocycles. The summed E-state index contributed by atoms with van der Waals surface area (Å²) < 4.78 is 72.8. The van der Waals surface area contributed by atoms with Crippen LogP contribution < -0.4 is 4.72 Å². The molecule has 1 aliphatic rings. The van der Waals surface area contributed by atoms with Crippen LogP contribution in [0.15, 0.2) is 71.4 Å². The maximum absolute atomic E-state index is 12.7. The van der Waals surface area contributed by atoms with Gasteiger partial charge in [0.2, 0.25) is 0 Å². The number of sulfonamides is 1. The van der Waals surface area contributed by atoms with Crippen LogP contribution in [-0.2, 0) is 20.9 Å². The van der Waals surface area contributed by atoms with Crippen molar-refractivity contribution < 1.29 is 26.3 Å². The summed E-state index contributed by atoms with van der Waals surface area (Å²) in [5, 5.41) is 0. The number of rotatable bonds is 5. The van der Waals surface area contributed by atoms with Crippen LogP contribution in [-0.4, -0.2) is 25.1 Å². The fraction of sp³-hybridized carbons (Fsp3) is 0.211. The highest BCUT2D eigenvalue weighted by Gasteiger charge is 2.30. The molecule has 10 heteroatoms. The van der Waals surface area contributed by atoms with Crippen molar-refractivity contribution in [3.63, 3.8) is 0 Å². The average Bonchev–Trinajstić information content (AvgIpc) is 2.98. The summed E-state index contributed by atoms with van der Waals surface area (Å²) in [5.74, 6) is 0.428. The zero-order valence-corrected chi connectivity index (χ0v) is 16.4. The van der Waals surface area contributed by atoms with E-state index >= 15 is 0 Å². The molecule has 0 saturated carbocycles. The number of nitrogens with one attached hydrogen (secondary N) is 1. The van der Waals surface area contributed by atoms with Gasteiger partial charge in [0.05, 0.1) is 41.0 Å². The molecule has 154 valence electrons. The summed E-state index contributed by atoms with van der Waals surface area (Å²) in [4.78, 5) is 3.89. The molecule has 6 nitrogen and oxygen atoms in total. The SMILES string of the molecule is COC1=C(n2cnc(C)c2)CC=CC(NS(=O)(=O)c2ccc(C(F)(F)F)cc2)=C1. The third-order valence-corrected chi connectivity index (χ3v) is 5.56. The van der Waals surface area contributed by atoms with Crippen LogP contribution in [0.3, 0.4) is 0 Å². The molecule has 0 fully saturated rings. The highest BCUT2D eigenvalue weighted by molar-refractivity contribution is 7.89. The summed E-state index contributed by atoms with van der Waals surface area (Å²) in [5.41, 5.74) is 0.866. The van der Waals surface area contributed by atoms with Gasteiger partial charge in [-0.25, -0.2) is 13.4 Å². The van der Waals surface area contributed by atoms with Crippen LogP contribution in [0.25, 0.3) is 5.70 Å². The fourth-order valence-electron chi connectivity index (χ4n) is 2.75. The van der Waals surface area contributed by atoms with Crippen molar-refractivity contribution in [1.82, 2.24) is 14.3 Å². The number of benzene rings is 1. The van der Waals surface area contributed by atoms with Crippen LogP contribution in [0.1, 0.15) is 17.7 Å². The summed E-state index contributed by atoms with van der Waals surface area (Å²) in [6, 6.07) is 3.29. The Morgan fingerprint density at radius 1 is 1.21 bits per heavy atom. The van der Waals surface area contributed by atoms with Gasteiger partial charge in [-0.15, -0.1) is 0 Å². The van der Waals surface area contributed by atoms with Gasteiger partial charge in [0, 0.05) is 18.7 Å². The topological polar surface area (TPSA) is 73.2 Å². The second kappa shape index (κ2) is 7.78. The van der Waals surface area contributed by atoms with Crippen LogP contribution >= 0.6 is 0 Å². The van der Waals surface area contributed by atoms with Crippen molar-refractivity contribution in [2.45, 2.75) is 24.4 Å². The molecular weight excluding hydrogens is 407 g/mol. The van der Waals surface area contributed by atoms with Crippen molar-refractivity contribution in [3.8, 4) is 0 Å². The fourth-order valence-corrected chi connectivity index (χ4v) is 3.80. The molecule has 0 spiro atoms. The molecule has 3 rings (SSSR count). The van der Waals surface area contributed by atoms with Gasteiger partial charge < -0.3 is 9.30 Å². The molecule has 0 amide bonds. The third kappa shape index (κ3) is 4.70. The Balaban J connectivity index is 1.90. The minimum atomic E-state index is -4.54. The van der Waals surface area contributed by atoms with Gasteiger partial charge in [-0.3, -0.25) is 4.72 Å². The van der Waals surface area contributed by atoms with E-state index in [2.05, 4.69) is 9.71 Å². The Kier molecular flexibility index (Phi) is 5.56. The molecule has 1 N–H and O–H groups in total. The zero-order chi connectivity index (χ0) is 21.2. The Labute approximate surface area is 166 Å². The third-order valence-electron chi connectivity index (χ3n) is 4.17. The largest absolute Gasteiger partial charge is 0.495 e. The lowest BCUT2D eigenvalue weighted by Crippen LogP contribution is -2.22. The van der Waals surface area contributed by atoms with Gasteiger partial charge in [-0.05, 0) is 37.3 Å². The maximum atomic E-state index is 12.7. The highest BCUT2D eigenvalue weighted by atomic mass is 32.2. The summed E-state index contributed by atoms with van der Waals surface area (Å²) >= 11 is 0. The van der Waals surface area contributed by atoms with Crippen molar-refractivity contribution in [1.29, 1.82) is 0 Å². The van der Waals surface area contributed by atoms with Gasteiger partial charge in [0.15, 0.2) is 0 Å². The standard InChI is InChI=1S/C19H18F3N3O3S/c1-13-11-25(12-23-13)17-5-3-4-15(10-18(17)28-2)24-29(26,27)16-8-6-14(7-9-16)19(20,21)22/h3-4,6-12,24H,5H2,1-2H3. The van der Waals surface area contributed by atoms with Crippen LogP contribution in [0, 0.1) is 6.92 Å². The number of hydrogen-bond acceptors (Lipinski definition) is 4. The second-order valence-electron chi connectivity index (χ2n) is 6.27. The number of hydrogen-bond donors (Lipinski definition) is 1. The predicted octanol–water partition coefficient (Wildman–Crippen LogP) is 3.85. The lowest BCUT2D eigenvalue weighted by Gasteiger charge is -2.12. The number of halogens is 3. The molecule has 1 aliphatic carbocycles. The lowest BCUT2D eigenvalue weighted by molar-refractivity contribution is -0.137. The number of allylic oxidation sites excluding steroid dienone is 4. The first-order chi connectivity index (χ1) is 13.6. The molecule has 0 unspecified atom stereocenters. The Bertz CT molecular complexity index is 1100. The Morgan fingerprint density at radius 2 is 1.90 bits per heavy atom. The molecule has 1 aromatic carbocycles. The van der Waals surface area contributed by atoms with E-state index in [0.717, 1.165) is 35.7 Å². The van der Waals surface area contributed by atoms with Gasteiger partial charge in [-0.2, -0.15) is 13.2 Å². The van der Waals surface area contributed by atoms with E-state index < -0.39 is 21.8 Å². The van der Waals surface area contributed by atoms with E-state index in [-0.39, 0.29) is 10.6 Å². The van der Waals surface area contributed by atoms with Crippen molar-refractivity contribution >= 4 is 15.7 Å². The van der Waals surface area contributed by atoms with Gasteiger partial charge in [-0.1, -0.05) is 6.08 Å². The monoisotopic (exact) mass is 425 g/mol. The van der Waals surface area contributed by atoms with Crippen molar-refractivity contribution in [2.24, 2.45) is 0 Å². The van der Waals surface area contributed by atoms with Gasteiger partial charge >= 0.3 is 6.18 Å². The molecule has 0 radical (unpaired) electrons. The lowest BCUT2D eigenvalue weighted by atomic mass is 10.2. The molecule has 0 atom stereocenters. The molecule has 2 aromatic rings. The van der Waals surface area contributed by atoms with Gasteiger partial charge in [0.25, 0.3) is 10.0 Å². The number of aryl methyl sites for hydroxylation is 1. The quantitative estimate of drug-likeness (QED) is 0.790. The number of imidazole rings is 1. The van der Waals surface area contributed by atoms with Crippen LogP contribution in [0.2, 0.25) is 0 Å². The molecule has 29 heavy (non-hydrogen) atoms. The zero-order valence-electron chi connectivity index (χ0n) is 15.6. The van der Waals surface area contributed by atoms with Crippen LogP contribution in [0.5, 0.6) is 0 Å². The summed E-state index contributed by atoms with van der Waals surface area (Å²) in [7, 11) is -2.62. The number of alkyl halides is 3. The van der Waals surface area contributed by atoms with Crippen LogP contribution in [0.4, 0.5) is 13.2 Å². The number of methoxy groups -OCH3 is 1. The number of aromatic nitrogens is 2. The minimum absolute atomic E-state index is 0.216. The summed E-state index contributed by atoms with van der Waals surface area (Å²) in [6.07, 6.45) is 4.19. The number of ether oxygens (including phenoxy) is 1.